The molecule has 100 valence electrons. The zero-order chi connectivity index (χ0) is 14.0. The topological polar surface area (TPSA) is 47.3 Å². The third kappa shape index (κ3) is 2.39. The predicted molar refractivity (Wildman–Crippen MR) is 70.0 cm³/mol. The van der Waals surface area contributed by atoms with Gasteiger partial charge in [-0.3, -0.25) is 4.79 Å². The number of anilines is 1. The Bertz CT molecular complexity index is 526. The van der Waals surface area contributed by atoms with E-state index in [9.17, 15) is 9.18 Å². The van der Waals surface area contributed by atoms with Gasteiger partial charge in [0.1, 0.15) is 11.9 Å². The molecule has 1 fully saturated rings. The van der Waals surface area contributed by atoms with Gasteiger partial charge in [-0.15, -0.1) is 0 Å². The van der Waals surface area contributed by atoms with Gasteiger partial charge in [0.2, 0.25) is 5.91 Å². The van der Waals surface area contributed by atoms with Crippen molar-refractivity contribution in [1.82, 2.24) is 4.90 Å². The van der Waals surface area contributed by atoms with Crippen LogP contribution in [0, 0.1) is 17.1 Å². The van der Waals surface area contributed by atoms with Crippen molar-refractivity contribution in [2.75, 3.05) is 18.5 Å². The maximum atomic E-state index is 13.9. The van der Waals surface area contributed by atoms with E-state index in [4.69, 9.17) is 5.26 Å². The molecule has 1 aliphatic rings. The van der Waals surface area contributed by atoms with Gasteiger partial charge in [-0.1, -0.05) is 12.1 Å². The molecule has 0 bridgehead atoms. The SMILES string of the molecule is CC1CN(c2ccccc2F)C(CC#N)C(=O)N1C. The van der Waals surface area contributed by atoms with Gasteiger partial charge >= 0.3 is 0 Å². The number of hydrogen-bond acceptors (Lipinski definition) is 3. The Hall–Kier alpha value is -2.09. The second-order valence-electron chi connectivity index (χ2n) is 4.78. The van der Waals surface area contributed by atoms with Gasteiger partial charge in [0, 0.05) is 19.6 Å². The van der Waals surface area contributed by atoms with Crippen LogP contribution in [0.4, 0.5) is 10.1 Å². The molecule has 1 heterocycles. The van der Waals surface area contributed by atoms with E-state index in [2.05, 4.69) is 0 Å². The summed E-state index contributed by atoms with van der Waals surface area (Å²) >= 11 is 0. The summed E-state index contributed by atoms with van der Waals surface area (Å²) in [5.41, 5.74) is 0.385. The van der Waals surface area contributed by atoms with Crippen molar-refractivity contribution in [2.24, 2.45) is 0 Å². The second-order valence-corrected chi connectivity index (χ2v) is 4.78. The summed E-state index contributed by atoms with van der Waals surface area (Å²) in [4.78, 5) is 15.6. The number of carbonyl (C=O) groups excluding carboxylic acids is 1. The number of benzene rings is 1. The van der Waals surface area contributed by atoms with Gasteiger partial charge in [0.05, 0.1) is 18.2 Å². The average molecular weight is 261 g/mol. The first kappa shape index (κ1) is 13.3. The highest BCUT2D eigenvalue weighted by Gasteiger charge is 2.37. The molecule has 0 aromatic heterocycles. The van der Waals surface area contributed by atoms with Gasteiger partial charge in [-0.25, -0.2) is 4.39 Å². The number of rotatable bonds is 2. The standard InChI is InChI=1S/C14H16FN3O/c1-10-9-18(12-6-4-3-5-11(12)15)13(7-8-16)14(19)17(10)2/h3-6,10,13H,7,9H2,1-2H3. The summed E-state index contributed by atoms with van der Waals surface area (Å²) in [6.45, 7) is 2.43. The molecule has 1 aliphatic heterocycles. The summed E-state index contributed by atoms with van der Waals surface area (Å²) in [6.07, 6.45) is 0.0597. The highest BCUT2D eigenvalue weighted by molar-refractivity contribution is 5.87. The molecule has 4 nitrogen and oxygen atoms in total. The zero-order valence-electron chi connectivity index (χ0n) is 11.0. The first-order chi connectivity index (χ1) is 9.06. The summed E-state index contributed by atoms with van der Waals surface area (Å²) in [5.74, 6) is -0.501. The molecule has 0 saturated carbocycles. The number of hydrogen-bond donors (Lipinski definition) is 0. The fourth-order valence-electron chi connectivity index (χ4n) is 2.35. The number of piperazine rings is 1. The van der Waals surface area contributed by atoms with Gasteiger partial charge in [0.15, 0.2) is 0 Å². The molecule has 1 aromatic carbocycles. The van der Waals surface area contributed by atoms with E-state index in [1.165, 1.54) is 6.07 Å². The third-order valence-electron chi connectivity index (χ3n) is 3.58. The van der Waals surface area contributed by atoms with Crippen LogP contribution in [0.5, 0.6) is 0 Å². The molecular weight excluding hydrogens is 245 g/mol. The quantitative estimate of drug-likeness (QED) is 0.815. The Kier molecular flexibility index (Phi) is 3.70. The lowest BCUT2D eigenvalue weighted by Gasteiger charge is -2.43. The van der Waals surface area contributed by atoms with E-state index >= 15 is 0 Å². The summed E-state index contributed by atoms with van der Waals surface area (Å²) in [5, 5.41) is 8.88. The lowest BCUT2D eigenvalue weighted by molar-refractivity contribution is -0.134. The molecule has 1 amide bonds. The van der Waals surface area contributed by atoms with Gasteiger partial charge in [-0.2, -0.15) is 5.26 Å². The average Bonchev–Trinajstić information content (AvgIpc) is 2.40. The maximum absolute atomic E-state index is 13.9. The zero-order valence-corrected chi connectivity index (χ0v) is 11.0. The number of para-hydroxylation sites is 1. The minimum absolute atomic E-state index is 0.0120. The summed E-state index contributed by atoms with van der Waals surface area (Å²) in [6, 6.07) is 7.74. The Labute approximate surface area is 112 Å². The summed E-state index contributed by atoms with van der Waals surface area (Å²) < 4.78 is 13.9. The molecule has 2 unspecified atom stereocenters. The third-order valence-corrected chi connectivity index (χ3v) is 3.58. The smallest absolute Gasteiger partial charge is 0.246 e. The Morgan fingerprint density at radius 1 is 1.47 bits per heavy atom. The number of amides is 1. The van der Waals surface area contributed by atoms with Crippen LogP contribution in [0.2, 0.25) is 0 Å². The van der Waals surface area contributed by atoms with E-state index < -0.39 is 6.04 Å². The van der Waals surface area contributed by atoms with Crippen LogP contribution in [0.3, 0.4) is 0 Å². The fraction of sp³-hybridized carbons (Fsp3) is 0.429. The highest BCUT2D eigenvalue weighted by Crippen LogP contribution is 2.27. The molecule has 1 aromatic rings. The largest absolute Gasteiger partial charge is 0.354 e. The highest BCUT2D eigenvalue weighted by atomic mass is 19.1. The van der Waals surface area contributed by atoms with Crippen molar-refractivity contribution in [3.8, 4) is 6.07 Å². The van der Waals surface area contributed by atoms with Crippen LogP contribution in [0.15, 0.2) is 24.3 Å². The second kappa shape index (κ2) is 5.27. The molecule has 0 spiro atoms. The number of nitrogens with zero attached hydrogens (tertiary/aromatic N) is 3. The molecule has 19 heavy (non-hydrogen) atoms. The van der Waals surface area contributed by atoms with E-state index in [0.29, 0.717) is 12.2 Å². The summed E-state index contributed by atoms with van der Waals surface area (Å²) in [7, 11) is 1.72. The molecule has 0 aliphatic carbocycles. The maximum Gasteiger partial charge on any atom is 0.246 e. The lowest BCUT2D eigenvalue weighted by atomic mass is 10.0. The Morgan fingerprint density at radius 3 is 2.79 bits per heavy atom. The Balaban J connectivity index is 2.39. The Morgan fingerprint density at radius 2 is 2.16 bits per heavy atom. The van der Waals surface area contributed by atoms with Crippen molar-refractivity contribution in [3.63, 3.8) is 0 Å². The van der Waals surface area contributed by atoms with E-state index in [1.54, 1.807) is 35.0 Å². The van der Waals surface area contributed by atoms with Gasteiger partial charge < -0.3 is 9.80 Å². The minimum Gasteiger partial charge on any atom is -0.354 e. The number of nitriles is 1. The molecule has 0 N–H and O–H groups in total. The predicted octanol–water partition coefficient (Wildman–Crippen LogP) is 1.77. The van der Waals surface area contributed by atoms with E-state index in [0.717, 1.165) is 0 Å². The molecule has 2 atom stereocenters. The van der Waals surface area contributed by atoms with Crippen LogP contribution in [-0.4, -0.2) is 36.5 Å². The lowest BCUT2D eigenvalue weighted by Crippen LogP contribution is -2.59. The van der Waals surface area contributed by atoms with Crippen molar-refractivity contribution >= 4 is 11.6 Å². The van der Waals surface area contributed by atoms with Crippen LogP contribution < -0.4 is 4.90 Å². The van der Waals surface area contributed by atoms with E-state index in [-0.39, 0.29) is 24.2 Å². The molecular formula is C14H16FN3O. The van der Waals surface area contributed by atoms with Crippen LogP contribution >= 0.6 is 0 Å². The monoisotopic (exact) mass is 261 g/mol. The normalized spacial score (nSPS) is 23.4. The number of carbonyl (C=O) groups is 1. The van der Waals surface area contributed by atoms with Crippen molar-refractivity contribution in [1.29, 1.82) is 5.26 Å². The molecule has 0 radical (unpaired) electrons. The van der Waals surface area contributed by atoms with Crippen molar-refractivity contribution in [3.05, 3.63) is 30.1 Å². The van der Waals surface area contributed by atoms with Crippen LogP contribution in [0.25, 0.3) is 0 Å². The fourth-order valence-corrected chi connectivity index (χ4v) is 2.35. The first-order valence-corrected chi connectivity index (χ1v) is 6.21. The van der Waals surface area contributed by atoms with Crippen LogP contribution in [-0.2, 0) is 4.79 Å². The molecule has 1 saturated heterocycles. The van der Waals surface area contributed by atoms with Crippen molar-refractivity contribution < 1.29 is 9.18 Å². The number of likely N-dealkylation sites (N-methyl/N-ethyl adjacent to an activating group) is 1. The van der Waals surface area contributed by atoms with Crippen molar-refractivity contribution in [2.45, 2.75) is 25.4 Å². The number of halogens is 1. The van der Waals surface area contributed by atoms with Crippen LogP contribution in [0.1, 0.15) is 13.3 Å². The minimum atomic E-state index is -0.608. The van der Waals surface area contributed by atoms with Gasteiger partial charge in [0.25, 0.3) is 0 Å². The molecule has 2 rings (SSSR count). The molecule has 5 heteroatoms. The first-order valence-electron chi connectivity index (χ1n) is 6.21. The van der Waals surface area contributed by atoms with Gasteiger partial charge in [-0.05, 0) is 19.1 Å². The van der Waals surface area contributed by atoms with E-state index in [1.807, 2.05) is 13.0 Å².